The lowest BCUT2D eigenvalue weighted by Gasteiger charge is -2.04. The minimum absolute atomic E-state index is 0.677. The van der Waals surface area contributed by atoms with E-state index in [2.05, 4.69) is 15.3 Å². The van der Waals surface area contributed by atoms with Gasteiger partial charge in [-0.1, -0.05) is 11.6 Å². The number of pyridine rings is 1. The van der Waals surface area contributed by atoms with E-state index >= 15 is 0 Å². The minimum Gasteiger partial charge on any atom is -0.376 e. The smallest absolute Gasteiger partial charge is 0.112 e. The second-order valence-corrected chi connectivity index (χ2v) is 4.02. The Labute approximate surface area is 90.8 Å². The van der Waals surface area contributed by atoms with Crippen molar-refractivity contribution in [3.05, 3.63) is 40.1 Å². The summed E-state index contributed by atoms with van der Waals surface area (Å²) in [4.78, 5) is 8.13. The van der Waals surface area contributed by atoms with Crippen molar-refractivity contribution < 1.29 is 0 Å². The first-order valence-corrected chi connectivity index (χ1v) is 5.34. The van der Waals surface area contributed by atoms with Crippen molar-refractivity contribution in [2.24, 2.45) is 0 Å². The number of anilines is 1. The van der Waals surface area contributed by atoms with E-state index in [1.165, 1.54) is 0 Å². The highest BCUT2D eigenvalue weighted by Gasteiger charge is 1.99. The minimum atomic E-state index is 0.677. The molecule has 0 unspecified atom stereocenters. The molecule has 0 bridgehead atoms. The summed E-state index contributed by atoms with van der Waals surface area (Å²) in [7, 11) is 0. The highest BCUT2D eigenvalue weighted by molar-refractivity contribution is 7.09. The fraction of sp³-hybridized carbons (Fsp3) is 0.111. The molecule has 0 saturated heterocycles. The first kappa shape index (κ1) is 9.43. The zero-order chi connectivity index (χ0) is 9.80. The van der Waals surface area contributed by atoms with Crippen LogP contribution in [-0.2, 0) is 6.54 Å². The molecule has 5 heteroatoms. The van der Waals surface area contributed by atoms with Crippen LogP contribution >= 0.6 is 22.9 Å². The van der Waals surface area contributed by atoms with Gasteiger partial charge in [0.25, 0.3) is 0 Å². The molecule has 0 aliphatic rings. The molecule has 0 aromatic carbocycles. The molecular formula is C9H8ClN3S. The summed E-state index contributed by atoms with van der Waals surface area (Å²) >= 11 is 7.56. The highest BCUT2D eigenvalue weighted by Crippen LogP contribution is 2.19. The monoisotopic (exact) mass is 225 g/mol. The maximum Gasteiger partial charge on any atom is 0.112 e. The van der Waals surface area contributed by atoms with Crippen molar-refractivity contribution in [1.82, 2.24) is 9.97 Å². The first-order valence-electron chi connectivity index (χ1n) is 4.08. The van der Waals surface area contributed by atoms with Gasteiger partial charge in [-0.2, -0.15) is 0 Å². The number of hydrogen-bond donors (Lipinski definition) is 1. The number of rotatable bonds is 3. The van der Waals surface area contributed by atoms with Crippen molar-refractivity contribution in [3.8, 4) is 0 Å². The van der Waals surface area contributed by atoms with Crippen LogP contribution in [0.25, 0.3) is 0 Å². The van der Waals surface area contributed by atoms with Gasteiger partial charge < -0.3 is 5.32 Å². The van der Waals surface area contributed by atoms with E-state index in [-0.39, 0.29) is 0 Å². The summed E-state index contributed by atoms with van der Waals surface area (Å²) in [5.41, 5.74) is 0.837. The summed E-state index contributed by atoms with van der Waals surface area (Å²) in [6, 6.07) is 1.76. The van der Waals surface area contributed by atoms with Crippen molar-refractivity contribution >= 4 is 28.6 Å². The molecule has 1 N–H and O–H groups in total. The third-order valence-electron chi connectivity index (χ3n) is 1.68. The van der Waals surface area contributed by atoms with Gasteiger partial charge in [-0.3, -0.25) is 4.98 Å². The van der Waals surface area contributed by atoms with Crippen LogP contribution in [0.1, 0.15) is 5.01 Å². The van der Waals surface area contributed by atoms with Crippen LogP contribution < -0.4 is 5.32 Å². The molecule has 3 nitrogen and oxygen atoms in total. The van der Waals surface area contributed by atoms with Gasteiger partial charge in [0.2, 0.25) is 0 Å². The lowest BCUT2D eigenvalue weighted by Crippen LogP contribution is -1.99. The fourth-order valence-corrected chi connectivity index (χ4v) is 1.75. The molecule has 0 fully saturated rings. The van der Waals surface area contributed by atoms with Gasteiger partial charge in [0, 0.05) is 17.8 Å². The van der Waals surface area contributed by atoms with Gasteiger partial charge in [-0.05, 0) is 6.07 Å². The van der Waals surface area contributed by atoms with E-state index in [1.807, 2.05) is 5.38 Å². The molecule has 2 rings (SSSR count). The van der Waals surface area contributed by atoms with Crippen molar-refractivity contribution in [3.63, 3.8) is 0 Å². The number of nitrogens with one attached hydrogen (secondary N) is 1. The average molecular weight is 226 g/mol. The lowest BCUT2D eigenvalue weighted by molar-refractivity contribution is 1.10. The predicted octanol–water partition coefficient (Wildman–Crippen LogP) is 2.80. The van der Waals surface area contributed by atoms with E-state index < -0.39 is 0 Å². The molecule has 0 atom stereocenters. The molecule has 0 saturated carbocycles. The number of thiazole rings is 1. The van der Waals surface area contributed by atoms with Crippen LogP contribution in [0.15, 0.2) is 30.0 Å². The first-order chi connectivity index (χ1) is 6.86. The zero-order valence-electron chi connectivity index (χ0n) is 7.27. The van der Waals surface area contributed by atoms with E-state index in [1.54, 1.807) is 36.0 Å². The van der Waals surface area contributed by atoms with E-state index in [0.29, 0.717) is 11.6 Å². The largest absolute Gasteiger partial charge is 0.376 e. The number of nitrogens with zero attached hydrogens (tertiary/aromatic N) is 2. The molecule has 0 spiro atoms. The zero-order valence-corrected chi connectivity index (χ0v) is 8.85. The van der Waals surface area contributed by atoms with E-state index in [0.717, 1.165) is 10.7 Å². The van der Waals surface area contributed by atoms with Gasteiger partial charge in [0.05, 0.1) is 23.5 Å². The van der Waals surface area contributed by atoms with Crippen molar-refractivity contribution in [2.45, 2.75) is 6.54 Å². The normalized spacial score (nSPS) is 10.1. The van der Waals surface area contributed by atoms with Crippen LogP contribution in [0.3, 0.4) is 0 Å². The molecule has 72 valence electrons. The Bertz CT molecular complexity index is 402. The van der Waals surface area contributed by atoms with E-state index in [9.17, 15) is 0 Å². The van der Waals surface area contributed by atoms with E-state index in [4.69, 9.17) is 11.6 Å². The predicted molar refractivity (Wildman–Crippen MR) is 58.7 cm³/mol. The molecule has 14 heavy (non-hydrogen) atoms. The molecule has 0 radical (unpaired) electrons. The second-order valence-electron chi connectivity index (χ2n) is 2.63. The molecular weight excluding hydrogens is 218 g/mol. The molecule has 2 heterocycles. The lowest BCUT2D eigenvalue weighted by atomic mass is 10.4. The summed E-state index contributed by atoms with van der Waals surface area (Å²) < 4.78 is 0. The van der Waals surface area contributed by atoms with Gasteiger partial charge >= 0.3 is 0 Å². The van der Waals surface area contributed by atoms with Gasteiger partial charge in [0.1, 0.15) is 5.01 Å². The van der Waals surface area contributed by atoms with Gasteiger partial charge in [0.15, 0.2) is 0 Å². The van der Waals surface area contributed by atoms with Crippen LogP contribution in [0, 0.1) is 0 Å². The van der Waals surface area contributed by atoms with Gasteiger partial charge in [-0.15, -0.1) is 11.3 Å². The maximum atomic E-state index is 5.94. The standard InChI is InChI=1S/C9H8ClN3S/c10-7-1-2-11-5-8(7)13-6-9-12-3-4-14-9/h1-5,13H,6H2. The van der Waals surface area contributed by atoms with Crippen LogP contribution in [0.4, 0.5) is 5.69 Å². The topological polar surface area (TPSA) is 37.8 Å². The molecule has 2 aromatic heterocycles. The molecule has 0 amide bonds. The van der Waals surface area contributed by atoms with Crippen molar-refractivity contribution in [1.29, 1.82) is 0 Å². The summed E-state index contributed by atoms with van der Waals surface area (Å²) in [6.45, 7) is 0.684. The van der Waals surface area contributed by atoms with Crippen LogP contribution in [0.5, 0.6) is 0 Å². The highest BCUT2D eigenvalue weighted by atomic mass is 35.5. The Morgan fingerprint density at radius 2 is 2.36 bits per heavy atom. The molecule has 0 aliphatic carbocycles. The third-order valence-corrected chi connectivity index (χ3v) is 2.79. The summed E-state index contributed by atoms with van der Waals surface area (Å²) in [5, 5.41) is 6.82. The maximum absolute atomic E-state index is 5.94. The Kier molecular flexibility index (Phi) is 2.96. The molecule has 0 aliphatic heterocycles. The Morgan fingerprint density at radius 3 is 3.07 bits per heavy atom. The summed E-state index contributed by atoms with van der Waals surface area (Å²) in [6.07, 6.45) is 5.15. The number of hydrogen-bond acceptors (Lipinski definition) is 4. The third kappa shape index (κ3) is 2.21. The summed E-state index contributed by atoms with van der Waals surface area (Å²) in [5.74, 6) is 0. The van der Waals surface area contributed by atoms with Gasteiger partial charge in [-0.25, -0.2) is 4.98 Å². The van der Waals surface area contributed by atoms with Crippen LogP contribution in [-0.4, -0.2) is 9.97 Å². The van der Waals surface area contributed by atoms with Crippen LogP contribution in [0.2, 0.25) is 5.02 Å². The fourth-order valence-electron chi connectivity index (χ4n) is 1.02. The Hall–Kier alpha value is -1.13. The Balaban J connectivity index is 2.02. The SMILES string of the molecule is Clc1ccncc1NCc1nccs1. The number of aromatic nitrogens is 2. The quantitative estimate of drug-likeness (QED) is 0.873. The Morgan fingerprint density at radius 1 is 1.43 bits per heavy atom. The average Bonchev–Trinajstić information content (AvgIpc) is 2.69. The second kappa shape index (κ2) is 4.39. The molecule has 2 aromatic rings. The number of halogens is 1. The van der Waals surface area contributed by atoms with Crippen molar-refractivity contribution in [2.75, 3.05) is 5.32 Å².